The van der Waals surface area contributed by atoms with Crippen LogP contribution in [0.2, 0.25) is 5.02 Å². The summed E-state index contributed by atoms with van der Waals surface area (Å²) in [4.78, 5) is 15.3. The van der Waals surface area contributed by atoms with Crippen LogP contribution >= 0.6 is 35.8 Å². The minimum Gasteiger partial charge on any atom is -0.342 e. The van der Waals surface area contributed by atoms with Gasteiger partial charge in [0.2, 0.25) is 0 Å². The number of thioether (sulfide) groups is 1. The van der Waals surface area contributed by atoms with E-state index in [1.807, 2.05) is 19.2 Å². The molecule has 0 heterocycles. The van der Waals surface area contributed by atoms with Gasteiger partial charge >= 0.3 is 0 Å². The van der Waals surface area contributed by atoms with Gasteiger partial charge in [-0.1, -0.05) is 32.4 Å². The van der Waals surface area contributed by atoms with Crippen LogP contribution in [-0.4, -0.2) is 36.2 Å². The van der Waals surface area contributed by atoms with Crippen molar-refractivity contribution in [1.82, 2.24) is 4.90 Å². The fraction of sp³-hybridized carbons (Fsp3) is 0.562. The molecule has 126 valence electrons. The van der Waals surface area contributed by atoms with Crippen molar-refractivity contribution < 1.29 is 4.79 Å². The predicted molar refractivity (Wildman–Crippen MR) is 99.5 cm³/mol. The van der Waals surface area contributed by atoms with Crippen LogP contribution in [0.25, 0.3) is 0 Å². The Balaban J connectivity index is 0.00000441. The monoisotopic (exact) mass is 364 g/mol. The normalized spacial score (nSPS) is 12.0. The van der Waals surface area contributed by atoms with Crippen molar-refractivity contribution in [3.63, 3.8) is 0 Å². The topological polar surface area (TPSA) is 46.3 Å². The van der Waals surface area contributed by atoms with Crippen LogP contribution in [0.15, 0.2) is 23.1 Å². The summed E-state index contributed by atoms with van der Waals surface area (Å²) in [5.41, 5.74) is 6.72. The van der Waals surface area contributed by atoms with E-state index in [4.69, 9.17) is 17.3 Å². The van der Waals surface area contributed by atoms with Crippen LogP contribution in [0.1, 0.15) is 37.6 Å². The molecule has 1 rings (SSSR count). The fourth-order valence-corrected chi connectivity index (χ4v) is 2.88. The molecule has 1 aromatic carbocycles. The van der Waals surface area contributed by atoms with E-state index in [9.17, 15) is 4.79 Å². The highest BCUT2D eigenvalue weighted by atomic mass is 35.5. The van der Waals surface area contributed by atoms with Gasteiger partial charge in [0, 0.05) is 29.6 Å². The van der Waals surface area contributed by atoms with Crippen molar-refractivity contribution in [3.8, 4) is 0 Å². The smallest absolute Gasteiger partial charge is 0.254 e. The van der Waals surface area contributed by atoms with E-state index in [1.165, 1.54) is 0 Å². The molecule has 0 aromatic heterocycles. The Labute approximate surface area is 149 Å². The summed E-state index contributed by atoms with van der Waals surface area (Å²) in [6, 6.07) is 5.60. The quantitative estimate of drug-likeness (QED) is 0.732. The Morgan fingerprint density at radius 2 is 2.05 bits per heavy atom. The zero-order chi connectivity index (χ0) is 16.0. The van der Waals surface area contributed by atoms with Crippen LogP contribution in [0.5, 0.6) is 0 Å². The Bertz CT molecular complexity index is 483. The maximum absolute atomic E-state index is 12.6. The van der Waals surface area contributed by atoms with E-state index in [2.05, 4.69) is 20.8 Å². The van der Waals surface area contributed by atoms with E-state index in [-0.39, 0.29) is 24.4 Å². The number of halogens is 2. The first-order valence-electron chi connectivity index (χ1n) is 7.30. The summed E-state index contributed by atoms with van der Waals surface area (Å²) in [6.45, 7) is 6.92. The number of nitrogens with two attached hydrogens (primary N) is 1. The zero-order valence-electron chi connectivity index (χ0n) is 13.6. The summed E-state index contributed by atoms with van der Waals surface area (Å²) in [5, 5.41) is 0.589. The van der Waals surface area contributed by atoms with Crippen molar-refractivity contribution >= 4 is 41.7 Å². The molecule has 6 heteroatoms. The maximum atomic E-state index is 12.6. The average Bonchev–Trinajstić information content (AvgIpc) is 2.45. The largest absolute Gasteiger partial charge is 0.342 e. The molecule has 22 heavy (non-hydrogen) atoms. The Kier molecular flexibility index (Phi) is 10.2. The van der Waals surface area contributed by atoms with Gasteiger partial charge in [0.05, 0.1) is 5.56 Å². The van der Waals surface area contributed by atoms with Gasteiger partial charge in [-0.05, 0) is 36.3 Å². The maximum Gasteiger partial charge on any atom is 0.254 e. The van der Waals surface area contributed by atoms with Crippen molar-refractivity contribution in [2.75, 3.05) is 19.3 Å². The molecular weight excluding hydrogens is 339 g/mol. The van der Waals surface area contributed by atoms with Gasteiger partial charge < -0.3 is 10.6 Å². The molecule has 0 radical (unpaired) electrons. The molecular formula is C16H26Cl2N2OS. The number of amides is 1. The highest BCUT2D eigenvalue weighted by Crippen LogP contribution is 2.26. The van der Waals surface area contributed by atoms with Crippen molar-refractivity contribution in [1.29, 1.82) is 0 Å². The minimum absolute atomic E-state index is 0. The van der Waals surface area contributed by atoms with Gasteiger partial charge in [0.25, 0.3) is 5.91 Å². The average molecular weight is 365 g/mol. The number of hydrogen-bond donors (Lipinski definition) is 1. The first kappa shape index (κ1) is 21.6. The van der Waals surface area contributed by atoms with E-state index in [1.54, 1.807) is 22.7 Å². The Hall–Kier alpha value is -0.420. The molecule has 0 saturated heterocycles. The van der Waals surface area contributed by atoms with Gasteiger partial charge in [-0.3, -0.25) is 4.79 Å². The van der Waals surface area contributed by atoms with Crippen LogP contribution in [0.3, 0.4) is 0 Å². The number of carbonyl (C=O) groups excluding carboxylic acids is 1. The molecule has 1 aromatic rings. The lowest BCUT2D eigenvalue weighted by molar-refractivity contribution is 0.0786. The number of carbonyl (C=O) groups is 1. The standard InChI is InChI=1S/C16H25ClN2OS.ClH/c1-5-21-15-7-6-12(17)10-13(15)16(20)19(4)9-8-14(18)11(2)3;/h6-7,10-11,14H,5,8-9,18H2,1-4H3;1H. The fourth-order valence-electron chi connectivity index (χ4n) is 1.93. The summed E-state index contributed by atoms with van der Waals surface area (Å²) >= 11 is 7.69. The number of nitrogens with zero attached hydrogens (tertiary/aromatic N) is 1. The number of hydrogen-bond acceptors (Lipinski definition) is 3. The molecule has 0 aliphatic heterocycles. The molecule has 0 aliphatic carbocycles. The second kappa shape index (κ2) is 10.4. The third-order valence-electron chi connectivity index (χ3n) is 3.47. The summed E-state index contributed by atoms with van der Waals surface area (Å²) in [6.07, 6.45) is 0.802. The van der Waals surface area contributed by atoms with Crippen LogP contribution in [0.4, 0.5) is 0 Å². The minimum atomic E-state index is 0. The Morgan fingerprint density at radius 1 is 1.41 bits per heavy atom. The van der Waals surface area contributed by atoms with Crippen LogP contribution in [-0.2, 0) is 0 Å². The third-order valence-corrected chi connectivity index (χ3v) is 4.66. The molecule has 0 spiro atoms. The molecule has 1 unspecified atom stereocenters. The van der Waals surface area contributed by atoms with Crippen molar-refractivity contribution in [2.24, 2.45) is 11.7 Å². The molecule has 0 aliphatic rings. The van der Waals surface area contributed by atoms with Gasteiger partial charge in [-0.15, -0.1) is 24.2 Å². The summed E-state index contributed by atoms with van der Waals surface area (Å²) in [5.74, 6) is 1.35. The number of rotatable bonds is 7. The SMILES string of the molecule is CCSc1ccc(Cl)cc1C(=O)N(C)CCC(N)C(C)C.Cl. The molecule has 3 nitrogen and oxygen atoms in total. The second-order valence-electron chi connectivity index (χ2n) is 5.50. The van der Waals surface area contributed by atoms with E-state index >= 15 is 0 Å². The van der Waals surface area contributed by atoms with E-state index in [0.29, 0.717) is 23.0 Å². The lowest BCUT2D eigenvalue weighted by Crippen LogP contribution is -2.34. The highest BCUT2D eigenvalue weighted by Gasteiger charge is 2.18. The zero-order valence-corrected chi connectivity index (χ0v) is 16.0. The summed E-state index contributed by atoms with van der Waals surface area (Å²) in [7, 11) is 1.82. The first-order valence-corrected chi connectivity index (χ1v) is 8.66. The van der Waals surface area contributed by atoms with Crippen molar-refractivity contribution in [3.05, 3.63) is 28.8 Å². The first-order chi connectivity index (χ1) is 9.86. The third kappa shape index (κ3) is 6.37. The van der Waals surface area contributed by atoms with Crippen LogP contribution in [0, 0.1) is 5.92 Å². The second-order valence-corrected chi connectivity index (χ2v) is 7.24. The lowest BCUT2D eigenvalue weighted by Gasteiger charge is -2.22. The van der Waals surface area contributed by atoms with E-state index in [0.717, 1.165) is 17.1 Å². The predicted octanol–water partition coefficient (Wildman–Crippen LogP) is 4.32. The molecule has 1 atom stereocenters. The molecule has 0 saturated carbocycles. The molecule has 0 fully saturated rings. The molecule has 2 N–H and O–H groups in total. The lowest BCUT2D eigenvalue weighted by atomic mass is 10.0. The van der Waals surface area contributed by atoms with Gasteiger partial charge in [-0.25, -0.2) is 0 Å². The van der Waals surface area contributed by atoms with E-state index < -0.39 is 0 Å². The molecule has 0 bridgehead atoms. The Morgan fingerprint density at radius 3 is 2.59 bits per heavy atom. The van der Waals surface area contributed by atoms with Crippen molar-refractivity contribution in [2.45, 2.75) is 38.1 Å². The molecule has 1 amide bonds. The summed E-state index contributed by atoms with van der Waals surface area (Å²) < 4.78 is 0. The van der Waals surface area contributed by atoms with Gasteiger partial charge in [0.1, 0.15) is 0 Å². The van der Waals surface area contributed by atoms with Gasteiger partial charge in [-0.2, -0.15) is 0 Å². The highest BCUT2D eigenvalue weighted by molar-refractivity contribution is 7.99. The van der Waals surface area contributed by atoms with Gasteiger partial charge in [0.15, 0.2) is 0 Å². The number of benzene rings is 1. The van der Waals surface area contributed by atoms with Crippen LogP contribution < -0.4 is 5.73 Å².